The van der Waals surface area contributed by atoms with Crippen LogP contribution in [0.5, 0.6) is 0 Å². The second-order valence-corrected chi connectivity index (χ2v) is 4.27. The predicted molar refractivity (Wildman–Crippen MR) is 64.1 cm³/mol. The van der Waals surface area contributed by atoms with E-state index >= 15 is 0 Å². The molecule has 0 saturated carbocycles. The fourth-order valence-corrected chi connectivity index (χ4v) is 1.28. The summed E-state index contributed by atoms with van der Waals surface area (Å²) in [6, 6.07) is 0. The molecule has 0 radical (unpaired) electrons. The standard InChI is InChI=1S/C11H23N3O2/c1-6-7-14(8-9(15)12-4)10(16)11(2,3)13-5/h13H,6-8H2,1-5H3,(H,12,15). The van der Waals surface area contributed by atoms with Crippen LogP contribution in [0, 0.1) is 0 Å². The number of rotatable bonds is 6. The molecule has 0 heterocycles. The van der Waals surface area contributed by atoms with E-state index in [0.717, 1.165) is 6.42 Å². The normalized spacial score (nSPS) is 11.1. The highest BCUT2D eigenvalue weighted by molar-refractivity contribution is 5.89. The monoisotopic (exact) mass is 229 g/mol. The molecule has 2 N–H and O–H groups in total. The van der Waals surface area contributed by atoms with Gasteiger partial charge in [0.2, 0.25) is 11.8 Å². The third-order valence-electron chi connectivity index (χ3n) is 2.55. The van der Waals surface area contributed by atoms with Gasteiger partial charge >= 0.3 is 0 Å². The third kappa shape index (κ3) is 4.18. The highest BCUT2D eigenvalue weighted by atomic mass is 16.2. The van der Waals surface area contributed by atoms with E-state index in [1.807, 2.05) is 20.8 Å². The van der Waals surface area contributed by atoms with Crippen molar-refractivity contribution in [3.8, 4) is 0 Å². The lowest BCUT2D eigenvalue weighted by Crippen LogP contribution is -2.54. The smallest absolute Gasteiger partial charge is 0.242 e. The Hall–Kier alpha value is -1.10. The zero-order valence-corrected chi connectivity index (χ0v) is 10.9. The number of carbonyl (C=O) groups is 2. The highest BCUT2D eigenvalue weighted by Crippen LogP contribution is 2.07. The van der Waals surface area contributed by atoms with Gasteiger partial charge in [-0.05, 0) is 27.3 Å². The van der Waals surface area contributed by atoms with E-state index in [9.17, 15) is 9.59 Å². The molecule has 0 saturated heterocycles. The Balaban J connectivity index is 4.64. The summed E-state index contributed by atoms with van der Waals surface area (Å²) < 4.78 is 0. The van der Waals surface area contributed by atoms with Gasteiger partial charge in [-0.2, -0.15) is 0 Å². The summed E-state index contributed by atoms with van der Waals surface area (Å²) in [4.78, 5) is 25.0. The largest absolute Gasteiger partial charge is 0.358 e. The molecule has 0 fully saturated rings. The van der Waals surface area contributed by atoms with Gasteiger partial charge in [0.25, 0.3) is 0 Å². The summed E-state index contributed by atoms with van der Waals surface area (Å²) in [6.45, 7) is 6.31. The van der Waals surface area contributed by atoms with E-state index in [2.05, 4.69) is 10.6 Å². The fourth-order valence-electron chi connectivity index (χ4n) is 1.28. The lowest BCUT2D eigenvalue weighted by molar-refractivity contribution is -0.140. The van der Waals surface area contributed by atoms with Gasteiger partial charge in [-0.15, -0.1) is 0 Å². The van der Waals surface area contributed by atoms with Crippen LogP contribution in [-0.2, 0) is 9.59 Å². The van der Waals surface area contributed by atoms with Crippen molar-refractivity contribution >= 4 is 11.8 Å². The average molecular weight is 229 g/mol. The number of hydrogen-bond acceptors (Lipinski definition) is 3. The Morgan fingerprint density at radius 1 is 1.25 bits per heavy atom. The number of nitrogens with one attached hydrogen (secondary N) is 2. The van der Waals surface area contributed by atoms with Crippen molar-refractivity contribution in [3.05, 3.63) is 0 Å². The van der Waals surface area contributed by atoms with E-state index in [4.69, 9.17) is 0 Å². The molecule has 0 spiro atoms. The van der Waals surface area contributed by atoms with Gasteiger partial charge in [0.15, 0.2) is 0 Å². The fraction of sp³-hybridized carbons (Fsp3) is 0.818. The Bertz CT molecular complexity index is 252. The van der Waals surface area contributed by atoms with E-state index in [-0.39, 0.29) is 18.4 Å². The molecule has 5 heteroatoms. The van der Waals surface area contributed by atoms with Gasteiger partial charge in [-0.3, -0.25) is 9.59 Å². The zero-order chi connectivity index (χ0) is 12.8. The first kappa shape index (κ1) is 14.9. The molecule has 0 unspecified atom stereocenters. The summed E-state index contributed by atoms with van der Waals surface area (Å²) >= 11 is 0. The molecule has 0 aliphatic heterocycles. The van der Waals surface area contributed by atoms with Crippen LogP contribution in [0.25, 0.3) is 0 Å². The van der Waals surface area contributed by atoms with Crippen molar-refractivity contribution < 1.29 is 9.59 Å². The minimum absolute atomic E-state index is 0.0551. The maximum Gasteiger partial charge on any atom is 0.242 e. The van der Waals surface area contributed by atoms with Crippen molar-refractivity contribution in [2.75, 3.05) is 27.2 Å². The van der Waals surface area contributed by atoms with Crippen LogP contribution in [0.1, 0.15) is 27.2 Å². The first-order valence-electron chi connectivity index (χ1n) is 5.57. The van der Waals surface area contributed by atoms with Crippen molar-refractivity contribution in [3.63, 3.8) is 0 Å². The summed E-state index contributed by atoms with van der Waals surface area (Å²) in [5.41, 5.74) is -0.636. The molecule has 16 heavy (non-hydrogen) atoms. The number of amides is 2. The number of nitrogens with zero attached hydrogens (tertiary/aromatic N) is 1. The average Bonchev–Trinajstić information content (AvgIpc) is 2.27. The predicted octanol–water partition coefficient (Wildman–Crippen LogP) is -0.0310. The van der Waals surface area contributed by atoms with Crippen LogP contribution >= 0.6 is 0 Å². The van der Waals surface area contributed by atoms with Gasteiger partial charge < -0.3 is 15.5 Å². The first-order valence-corrected chi connectivity index (χ1v) is 5.57. The van der Waals surface area contributed by atoms with Crippen LogP contribution in [0.15, 0.2) is 0 Å². The van der Waals surface area contributed by atoms with Crippen LogP contribution in [0.2, 0.25) is 0 Å². The van der Waals surface area contributed by atoms with Gasteiger partial charge in [-0.1, -0.05) is 6.92 Å². The van der Waals surface area contributed by atoms with Gasteiger partial charge in [-0.25, -0.2) is 0 Å². The summed E-state index contributed by atoms with van der Waals surface area (Å²) in [5, 5.41) is 5.47. The minimum atomic E-state index is -0.636. The number of hydrogen-bond donors (Lipinski definition) is 2. The van der Waals surface area contributed by atoms with Gasteiger partial charge in [0.1, 0.15) is 0 Å². The Kier molecular flexibility index (Phi) is 6.03. The van der Waals surface area contributed by atoms with E-state index in [0.29, 0.717) is 6.54 Å². The van der Waals surface area contributed by atoms with Crippen molar-refractivity contribution in [1.82, 2.24) is 15.5 Å². The Labute approximate surface area is 97.6 Å². The van der Waals surface area contributed by atoms with Crippen molar-refractivity contribution in [2.45, 2.75) is 32.7 Å². The maximum atomic E-state index is 12.1. The van der Waals surface area contributed by atoms with Gasteiger partial charge in [0.05, 0.1) is 12.1 Å². The Morgan fingerprint density at radius 3 is 2.19 bits per heavy atom. The highest BCUT2D eigenvalue weighted by Gasteiger charge is 2.30. The second-order valence-electron chi connectivity index (χ2n) is 4.27. The van der Waals surface area contributed by atoms with E-state index in [1.54, 1.807) is 19.0 Å². The molecule has 94 valence electrons. The van der Waals surface area contributed by atoms with Crippen LogP contribution in [-0.4, -0.2) is 49.4 Å². The van der Waals surface area contributed by atoms with Crippen LogP contribution in [0.4, 0.5) is 0 Å². The number of carbonyl (C=O) groups excluding carboxylic acids is 2. The minimum Gasteiger partial charge on any atom is -0.358 e. The molecular weight excluding hydrogens is 206 g/mol. The SMILES string of the molecule is CCCN(CC(=O)NC)C(=O)C(C)(C)NC. The summed E-state index contributed by atoms with van der Waals surface area (Å²) in [5.74, 6) is -0.200. The summed E-state index contributed by atoms with van der Waals surface area (Å²) in [7, 11) is 3.31. The molecule has 0 aromatic rings. The Morgan fingerprint density at radius 2 is 1.81 bits per heavy atom. The molecule has 2 amide bonds. The third-order valence-corrected chi connectivity index (χ3v) is 2.55. The topological polar surface area (TPSA) is 61.4 Å². The molecule has 0 rings (SSSR count). The second kappa shape index (κ2) is 6.48. The molecule has 0 aromatic carbocycles. The first-order chi connectivity index (χ1) is 7.38. The zero-order valence-electron chi connectivity index (χ0n) is 10.9. The molecule has 0 bridgehead atoms. The molecule has 5 nitrogen and oxygen atoms in total. The summed E-state index contributed by atoms with van der Waals surface area (Å²) in [6.07, 6.45) is 0.836. The number of likely N-dealkylation sites (N-methyl/N-ethyl adjacent to an activating group) is 2. The van der Waals surface area contributed by atoms with E-state index < -0.39 is 5.54 Å². The molecule has 0 aliphatic carbocycles. The van der Waals surface area contributed by atoms with Crippen LogP contribution < -0.4 is 10.6 Å². The van der Waals surface area contributed by atoms with Crippen molar-refractivity contribution in [2.24, 2.45) is 0 Å². The quantitative estimate of drug-likeness (QED) is 0.672. The molecular formula is C11H23N3O2. The molecule has 0 aliphatic rings. The lowest BCUT2D eigenvalue weighted by Gasteiger charge is -2.31. The molecule has 0 atom stereocenters. The van der Waals surface area contributed by atoms with Crippen LogP contribution in [0.3, 0.4) is 0 Å². The lowest BCUT2D eigenvalue weighted by atomic mass is 10.0. The molecule has 0 aromatic heterocycles. The maximum absolute atomic E-state index is 12.1. The van der Waals surface area contributed by atoms with Gasteiger partial charge in [0, 0.05) is 13.6 Å². The van der Waals surface area contributed by atoms with E-state index in [1.165, 1.54) is 0 Å². The van der Waals surface area contributed by atoms with Crippen molar-refractivity contribution in [1.29, 1.82) is 0 Å².